The summed E-state index contributed by atoms with van der Waals surface area (Å²) in [6.45, 7) is 6.79. The average Bonchev–Trinajstić information content (AvgIpc) is 3.52. The predicted molar refractivity (Wildman–Crippen MR) is 158 cm³/mol. The van der Waals surface area contributed by atoms with Crippen molar-refractivity contribution in [3.8, 4) is 11.3 Å². The molecule has 3 unspecified atom stereocenters. The molecule has 6 heteroatoms. The molecular formula is C34H41N3O3. The number of rotatable bonds is 4. The molecule has 3 fully saturated rings. The van der Waals surface area contributed by atoms with Gasteiger partial charge in [-0.25, -0.2) is 4.79 Å². The molecule has 7 rings (SSSR count). The van der Waals surface area contributed by atoms with Crippen molar-refractivity contribution >= 4 is 22.8 Å². The van der Waals surface area contributed by atoms with Gasteiger partial charge in [0.2, 0.25) is 5.91 Å². The summed E-state index contributed by atoms with van der Waals surface area (Å²) >= 11 is 0. The van der Waals surface area contributed by atoms with Crippen molar-refractivity contribution in [2.24, 2.45) is 11.8 Å². The van der Waals surface area contributed by atoms with Gasteiger partial charge in [-0.05, 0) is 74.4 Å². The van der Waals surface area contributed by atoms with Crippen LogP contribution in [0.4, 0.5) is 0 Å². The van der Waals surface area contributed by atoms with E-state index in [-0.39, 0.29) is 12.0 Å². The minimum absolute atomic E-state index is 0.0671. The highest BCUT2D eigenvalue weighted by atomic mass is 16.4. The van der Waals surface area contributed by atoms with Crippen molar-refractivity contribution in [3.63, 3.8) is 0 Å². The maximum Gasteiger partial charge on any atom is 0.335 e. The summed E-state index contributed by atoms with van der Waals surface area (Å²) < 4.78 is 2.45. The van der Waals surface area contributed by atoms with Gasteiger partial charge in [-0.1, -0.05) is 56.5 Å². The number of hydrogen-bond acceptors (Lipinski definition) is 3. The largest absolute Gasteiger partial charge is 0.478 e. The Balaban J connectivity index is 1.37. The van der Waals surface area contributed by atoms with Crippen molar-refractivity contribution < 1.29 is 14.7 Å². The first kappa shape index (κ1) is 25.8. The van der Waals surface area contributed by atoms with Crippen LogP contribution in [0, 0.1) is 11.8 Å². The number of carbonyl (C=O) groups excluding carboxylic acids is 1. The third-order valence-corrected chi connectivity index (χ3v) is 10.4. The molecule has 2 aromatic carbocycles. The molecule has 4 heterocycles. The Hall–Kier alpha value is -3.12. The Labute approximate surface area is 237 Å². The topological polar surface area (TPSA) is 65.8 Å². The Morgan fingerprint density at radius 2 is 1.75 bits per heavy atom. The quantitative estimate of drug-likeness (QED) is 0.401. The fourth-order valence-electron chi connectivity index (χ4n) is 8.49. The summed E-state index contributed by atoms with van der Waals surface area (Å²) in [5.74, 6) is 0.320. The molecular weight excluding hydrogens is 498 g/mol. The lowest BCUT2D eigenvalue weighted by atomic mass is 9.81. The summed E-state index contributed by atoms with van der Waals surface area (Å²) in [6, 6.07) is 14.6. The molecule has 3 atom stereocenters. The van der Waals surface area contributed by atoms with Crippen molar-refractivity contribution in [2.45, 2.75) is 76.8 Å². The van der Waals surface area contributed by atoms with Gasteiger partial charge in [0, 0.05) is 42.0 Å². The minimum atomic E-state index is -0.880. The summed E-state index contributed by atoms with van der Waals surface area (Å²) in [5, 5.41) is 11.1. The van der Waals surface area contributed by atoms with Crippen molar-refractivity contribution in [3.05, 3.63) is 59.2 Å². The summed E-state index contributed by atoms with van der Waals surface area (Å²) in [4.78, 5) is 30.8. The minimum Gasteiger partial charge on any atom is -0.478 e. The average molecular weight is 540 g/mol. The fraction of sp³-hybridized carbons (Fsp3) is 0.529. The molecule has 1 saturated carbocycles. The van der Waals surface area contributed by atoms with Gasteiger partial charge >= 0.3 is 5.97 Å². The van der Waals surface area contributed by atoms with Gasteiger partial charge in [0.1, 0.15) is 0 Å². The van der Waals surface area contributed by atoms with E-state index in [1.165, 1.54) is 59.9 Å². The van der Waals surface area contributed by atoms with Gasteiger partial charge in [-0.15, -0.1) is 0 Å². The smallest absolute Gasteiger partial charge is 0.335 e. The van der Waals surface area contributed by atoms with Gasteiger partial charge in [0.15, 0.2) is 0 Å². The van der Waals surface area contributed by atoms with Crippen LogP contribution in [0.15, 0.2) is 42.5 Å². The van der Waals surface area contributed by atoms with Crippen molar-refractivity contribution in [2.75, 3.05) is 26.2 Å². The van der Waals surface area contributed by atoms with E-state index in [0.717, 1.165) is 57.5 Å². The first-order valence-electron chi connectivity index (χ1n) is 15.6. The number of aromatic nitrogens is 1. The highest BCUT2D eigenvalue weighted by Crippen LogP contribution is 2.51. The standard InChI is InChI=1S/C34H41N3O3/c1-2-35-17-8-11-25(20-35)33(38)36-18-16-24-21-37-29-19-23(34(39)40)14-15-28(29)30(22-9-4-3-5-10-22)32(37)27-13-7-6-12-26(27)31(24)36/h6-7,12-15,19,22,24-25,31H,2-5,8-11,16-18,20-21H2,1H3,(H,39,40). The van der Waals surface area contributed by atoms with E-state index >= 15 is 0 Å². The number of carbonyl (C=O) groups is 2. The molecule has 3 aliphatic heterocycles. The van der Waals surface area contributed by atoms with Crippen LogP contribution in [0.5, 0.6) is 0 Å². The first-order chi connectivity index (χ1) is 19.5. The number of carboxylic acid groups (broad SMARTS) is 1. The van der Waals surface area contributed by atoms with E-state index < -0.39 is 5.97 Å². The Morgan fingerprint density at radius 3 is 2.55 bits per heavy atom. The lowest BCUT2D eigenvalue weighted by Gasteiger charge is -2.36. The zero-order chi connectivity index (χ0) is 27.4. The van der Waals surface area contributed by atoms with Gasteiger partial charge < -0.3 is 19.5 Å². The van der Waals surface area contributed by atoms with E-state index in [2.05, 4.69) is 51.6 Å². The van der Waals surface area contributed by atoms with Crippen LogP contribution < -0.4 is 0 Å². The monoisotopic (exact) mass is 539 g/mol. The van der Waals surface area contributed by atoms with E-state index in [9.17, 15) is 14.7 Å². The zero-order valence-electron chi connectivity index (χ0n) is 23.6. The van der Waals surface area contributed by atoms with Crippen LogP contribution in [-0.4, -0.2) is 57.5 Å². The maximum atomic E-state index is 14.1. The van der Waals surface area contributed by atoms with Crippen LogP contribution in [-0.2, 0) is 11.3 Å². The number of hydrogen-bond donors (Lipinski definition) is 1. The molecule has 1 aromatic heterocycles. The maximum absolute atomic E-state index is 14.1. The highest BCUT2D eigenvalue weighted by molar-refractivity contribution is 5.98. The van der Waals surface area contributed by atoms with E-state index in [4.69, 9.17) is 0 Å². The highest BCUT2D eigenvalue weighted by Gasteiger charge is 2.44. The van der Waals surface area contributed by atoms with Crippen LogP contribution in [0.1, 0.15) is 91.7 Å². The lowest BCUT2D eigenvalue weighted by molar-refractivity contribution is -0.138. The summed E-state index contributed by atoms with van der Waals surface area (Å²) in [5.41, 5.74) is 6.58. The number of aromatic carboxylic acids is 1. The molecule has 1 aliphatic carbocycles. The molecule has 0 spiro atoms. The van der Waals surface area contributed by atoms with Crippen LogP contribution in [0.2, 0.25) is 0 Å². The third kappa shape index (κ3) is 4.18. The number of carboxylic acids is 1. The second kappa shape index (κ2) is 10.4. The number of fused-ring (bicyclic) bond motifs is 7. The molecule has 1 N–H and O–H groups in total. The van der Waals surface area contributed by atoms with Gasteiger partial charge in [-0.3, -0.25) is 4.79 Å². The normalized spacial score (nSPS) is 25.3. The molecule has 0 radical (unpaired) electrons. The van der Waals surface area contributed by atoms with Crippen LogP contribution in [0.3, 0.4) is 0 Å². The molecule has 6 nitrogen and oxygen atoms in total. The van der Waals surface area contributed by atoms with Crippen molar-refractivity contribution in [1.29, 1.82) is 0 Å². The van der Waals surface area contributed by atoms with E-state index in [0.29, 0.717) is 23.3 Å². The Morgan fingerprint density at radius 1 is 0.925 bits per heavy atom. The number of nitrogens with zero attached hydrogens (tertiary/aromatic N) is 3. The first-order valence-corrected chi connectivity index (χ1v) is 15.6. The molecule has 210 valence electrons. The predicted octanol–water partition coefficient (Wildman–Crippen LogP) is 6.69. The Bertz CT molecular complexity index is 1450. The second-order valence-electron chi connectivity index (χ2n) is 12.6. The molecule has 2 saturated heterocycles. The fourth-order valence-corrected chi connectivity index (χ4v) is 8.49. The van der Waals surface area contributed by atoms with Gasteiger partial charge in [0.25, 0.3) is 0 Å². The molecule has 40 heavy (non-hydrogen) atoms. The zero-order valence-corrected chi connectivity index (χ0v) is 23.6. The SMILES string of the molecule is CCN1CCCC(C(=O)N2CCC3Cn4c(c(C5CCCCC5)c5ccc(C(=O)O)cc54)-c4ccccc4C32)C1. The van der Waals surface area contributed by atoms with E-state index in [1.807, 2.05) is 6.07 Å². The molecule has 1 amide bonds. The third-order valence-electron chi connectivity index (χ3n) is 10.4. The number of likely N-dealkylation sites (tertiary alicyclic amines) is 2. The molecule has 4 aliphatic rings. The van der Waals surface area contributed by atoms with Gasteiger partial charge in [-0.2, -0.15) is 0 Å². The van der Waals surface area contributed by atoms with Crippen LogP contribution in [0.25, 0.3) is 22.2 Å². The lowest BCUT2D eigenvalue weighted by Crippen LogP contribution is -2.45. The van der Waals surface area contributed by atoms with Gasteiger partial charge in [0.05, 0.1) is 23.2 Å². The number of amides is 1. The van der Waals surface area contributed by atoms with E-state index in [1.54, 1.807) is 6.07 Å². The molecule has 0 bridgehead atoms. The summed E-state index contributed by atoms with van der Waals surface area (Å²) in [6.07, 6.45) is 9.21. The number of benzene rings is 2. The second-order valence-corrected chi connectivity index (χ2v) is 12.6. The Kier molecular flexibility index (Phi) is 6.69. The number of piperidine rings is 1. The summed E-state index contributed by atoms with van der Waals surface area (Å²) in [7, 11) is 0. The van der Waals surface area contributed by atoms with Crippen LogP contribution >= 0.6 is 0 Å². The van der Waals surface area contributed by atoms with Crippen molar-refractivity contribution in [1.82, 2.24) is 14.4 Å². The molecule has 3 aromatic rings.